The van der Waals surface area contributed by atoms with Crippen molar-refractivity contribution in [3.05, 3.63) is 0 Å². The summed E-state index contributed by atoms with van der Waals surface area (Å²) in [7, 11) is 6.17. The fourth-order valence-electron chi connectivity index (χ4n) is 1.78. The third-order valence-corrected chi connectivity index (χ3v) is 2.70. The van der Waals surface area contributed by atoms with Gasteiger partial charge in [-0.3, -0.25) is 9.69 Å². The SMILES string of the molecule is CN(C)CCN(C)C1CCCC1=O. The molecule has 1 atom stereocenters. The summed E-state index contributed by atoms with van der Waals surface area (Å²) in [5.74, 6) is 0.432. The Kier molecular flexibility index (Phi) is 3.88. The predicted molar refractivity (Wildman–Crippen MR) is 53.8 cm³/mol. The Balaban J connectivity index is 2.30. The van der Waals surface area contributed by atoms with Crippen LogP contribution in [0.5, 0.6) is 0 Å². The number of nitrogens with zero attached hydrogens (tertiary/aromatic N) is 2. The summed E-state index contributed by atoms with van der Waals surface area (Å²) in [4.78, 5) is 15.7. The van der Waals surface area contributed by atoms with E-state index in [2.05, 4.69) is 30.9 Å². The van der Waals surface area contributed by atoms with Crippen LogP contribution >= 0.6 is 0 Å². The summed E-state index contributed by atoms with van der Waals surface area (Å²) in [5, 5.41) is 0. The largest absolute Gasteiger partial charge is 0.308 e. The van der Waals surface area contributed by atoms with E-state index in [1.165, 1.54) is 0 Å². The fourth-order valence-corrected chi connectivity index (χ4v) is 1.78. The molecule has 0 aromatic heterocycles. The van der Waals surface area contributed by atoms with E-state index < -0.39 is 0 Å². The van der Waals surface area contributed by atoms with Crippen molar-refractivity contribution in [2.24, 2.45) is 0 Å². The number of carbonyl (C=O) groups is 1. The Bertz CT molecular complexity index is 180. The first kappa shape index (κ1) is 10.7. The van der Waals surface area contributed by atoms with Gasteiger partial charge in [0, 0.05) is 19.5 Å². The molecule has 0 aliphatic heterocycles. The van der Waals surface area contributed by atoms with Crippen molar-refractivity contribution in [1.29, 1.82) is 0 Å². The molecule has 1 rings (SSSR count). The van der Waals surface area contributed by atoms with E-state index in [0.29, 0.717) is 5.78 Å². The molecule has 3 nitrogen and oxygen atoms in total. The van der Waals surface area contributed by atoms with Gasteiger partial charge in [0.1, 0.15) is 5.78 Å². The summed E-state index contributed by atoms with van der Waals surface area (Å²) >= 11 is 0. The van der Waals surface area contributed by atoms with Gasteiger partial charge < -0.3 is 4.90 Å². The highest BCUT2D eigenvalue weighted by Crippen LogP contribution is 2.18. The molecule has 0 aromatic rings. The summed E-state index contributed by atoms with van der Waals surface area (Å²) in [6.45, 7) is 2.02. The van der Waals surface area contributed by atoms with Gasteiger partial charge in [0.15, 0.2) is 0 Å². The van der Waals surface area contributed by atoms with Gasteiger partial charge in [0.05, 0.1) is 6.04 Å². The monoisotopic (exact) mass is 184 g/mol. The van der Waals surface area contributed by atoms with Gasteiger partial charge in [-0.05, 0) is 34.0 Å². The molecule has 0 N–H and O–H groups in total. The maximum absolute atomic E-state index is 11.4. The number of carbonyl (C=O) groups excluding carboxylic acids is 1. The Labute approximate surface area is 80.7 Å². The lowest BCUT2D eigenvalue weighted by molar-refractivity contribution is -0.121. The Hall–Kier alpha value is -0.410. The van der Waals surface area contributed by atoms with Gasteiger partial charge in [-0.15, -0.1) is 0 Å². The molecule has 0 spiro atoms. The molecule has 1 saturated carbocycles. The van der Waals surface area contributed by atoms with Gasteiger partial charge in [-0.25, -0.2) is 0 Å². The maximum Gasteiger partial charge on any atom is 0.149 e. The van der Waals surface area contributed by atoms with Gasteiger partial charge in [0.2, 0.25) is 0 Å². The van der Waals surface area contributed by atoms with E-state index in [4.69, 9.17) is 0 Å². The number of ketones is 1. The first-order valence-corrected chi connectivity index (χ1v) is 4.99. The van der Waals surface area contributed by atoms with Crippen LogP contribution in [-0.2, 0) is 4.79 Å². The molecule has 76 valence electrons. The van der Waals surface area contributed by atoms with Crippen LogP contribution < -0.4 is 0 Å². The van der Waals surface area contributed by atoms with Gasteiger partial charge in [0.25, 0.3) is 0 Å². The Morgan fingerprint density at radius 1 is 1.31 bits per heavy atom. The molecule has 0 saturated heterocycles. The lowest BCUT2D eigenvalue weighted by atomic mass is 10.2. The number of Topliss-reactive ketones (excluding diaryl/α,β-unsaturated/α-hetero) is 1. The summed E-state index contributed by atoms with van der Waals surface area (Å²) < 4.78 is 0. The van der Waals surface area contributed by atoms with Crippen LogP contribution in [0.3, 0.4) is 0 Å². The smallest absolute Gasteiger partial charge is 0.149 e. The third kappa shape index (κ3) is 3.08. The molecule has 1 aliphatic carbocycles. The highest BCUT2D eigenvalue weighted by Gasteiger charge is 2.27. The minimum absolute atomic E-state index is 0.208. The zero-order valence-electron chi connectivity index (χ0n) is 8.92. The molecule has 0 bridgehead atoms. The molecule has 13 heavy (non-hydrogen) atoms. The predicted octanol–water partition coefficient (Wildman–Crippen LogP) is 0.601. The van der Waals surface area contributed by atoms with Crippen LogP contribution in [0, 0.1) is 0 Å². The van der Waals surface area contributed by atoms with Crippen molar-refractivity contribution in [3.63, 3.8) is 0 Å². The molecule has 1 fully saturated rings. The summed E-state index contributed by atoms with van der Waals surface area (Å²) in [6.07, 6.45) is 2.93. The van der Waals surface area contributed by atoms with Gasteiger partial charge in [-0.1, -0.05) is 0 Å². The third-order valence-electron chi connectivity index (χ3n) is 2.70. The van der Waals surface area contributed by atoms with E-state index in [0.717, 1.165) is 32.4 Å². The van der Waals surface area contributed by atoms with Crippen molar-refractivity contribution in [2.75, 3.05) is 34.2 Å². The van der Waals surface area contributed by atoms with Gasteiger partial charge in [-0.2, -0.15) is 0 Å². The summed E-state index contributed by atoms with van der Waals surface area (Å²) in [5.41, 5.74) is 0. The Morgan fingerprint density at radius 2 is 2.00 bits per heavy atom. The number of hydrogen-bond acceptors (Lipinski definition) is 3. The molecule has 1 unspecified atom stereocenters. The Morgan fingerprint density at radius 3 is 2.46 bits per heavy atom. The van der Waals surface area contributed by atoms with Crippen LogP contribution in [-0.4, -0.2) is 55.9 Å². The minimum atomic E-state index is 0.208. The van der Waals surface area contributed by atoms with Crippen molar-refractivity contribution < 1.29 is 4.79 Å². The molecular formula is C10H20N2O. The zero-order valence-corrected chi connectivity index (χ0v) is 8.92. The number of hydrogen-bond donors (Lipinski definition) is 0. The fraction of sp³-hybridized carbons (Fsp3) is 0.900. The van der Waals surface area contributed by atoms with Gasteiger partial charge >= 0.3 is 0 Å². The average Bonchev–Trinajstić information content (AvgIpc) is 2.47. The second-order valence-electron chi connectivity index (χ2n) is 4.16. The molecule has 0 radical (unpaired) electrons. The molecule has 0 amide bonds. The first-order chi connectivity index (χ1) is 6.11. The maximum atomic E-state index is 11.4. The van der Waals surface area contributed by atoms with Crippen LogP contribution in [0.2, 0.25) is 0 Å². The van der Waals surface area contributed by atoms with Crippen LogP contribution in [0.25, 0.3) is 0 Å². The van der Waals surface area contributed by atoms with Crippen molar-refractivity contribution in [2.45, 2.75) is 25.3 Å². The normalized spacial score (nSPS) is 23.5. The quantitative estimate of drug-likeness (QED) is 0.639. The van der Waals surface area contributed by atoms with E-state index in [1.54, 1.807) is 0 Å². The van der Waals surface area contributed by atoms with E-state index in [1.807, 2.05) is 0 Å². The van der Waals surface area contributed by atoms with E-state index >= 15 is 0 Å². The number of rotatable bonds is 4. The van der Waals surface area contributed by atoms with Crippen LogP contribution in [0.4, 0.5) is 0 Å². The van der Waals surface area contributed by atoms with Crippen LogP contribution in [0.1, 0.15) is 19.3 Å². The van der Waals surface area contributed by atoms with E-state index in [-0.39, 0.29) is 6.04 Å². The minimum Gasteiger partial charge on any atom is -0.308 e. The average molecular weight is 184 g/mol. The van der Waals surface area contributed by atoms with Crippen LogP contribution in [0.15, 0.2) is 0 Å². The highest BCUT2D eigenvalue weighted by molar-refractivity contribution is 5.85. The molecule has 1 aliphatic rings. The van der Waals surface area contributed by atoms with E-state index in [9.17, 15) is 4.79 Å². The lowest BCUT2D eigenvalue weighted by Crippen LogP contribution is -2.38. The lowest BCUT2D eigenvalue weighted by Gasteiger charge is -2.24. The first-order valence-electron chi connectivity index (χ1n) is 4.99. The molecule has 3 heteroatoms. The van der Waals surface area contributed by atoms with Crippen molar-refractivity contribution in [1.82, 2.24) is 9.80 Å². The molecule has 0 aromatic carbocycles. The molecule has 0 heterocycles. The topological polar surface area (TPSA) is 23.6 Å². The highest BCUT2D eigenvalue weighted by atomic mass is 16.1. The second-order valence-corrected chi connectivity index (χ2v) is 4.16. The standard InChI is InChI=1S/C10H20N2O/c1-11(2)7-8-12(3)9-5-4-6-10(9)13/h9H,4-8H2,1-3H3. The summed E-state index contributed by atoms with van der Waals surface area (Å²) in [6, 6.07) is 0.208. The van der Waals surface area contributed by atoms with Crippen molar-refractivity contribution >= 4 is 5.78 Å². The molecular weight excluding hydrogens is 164 g/mol. The zero-order chi connectivity index (χ0) is 9.84. The van der Waals surface area contributed by atoms with Crippen molar-refractivity contribution in [3.8, 4) is 0 Å². The second kappa shape index (κ2) is 4.72. The number of likely N-dealkylation sites (N-methyl/N-ethyl adjacent to an activating group) is 2.